The van der Waals surface area contributed by atoms with Crippen molar-refractivity contribution in [2.24, 2.45) is 0 Å². The highest BCUT2D eigenvalue weighted by Gasteiger charge is 2.24. The summed E-state index contributed by atoms with van der Waals surface area (Å²) in [4.78, 5) is 34.0. The van der Waals surface area contributed by atoms with Crippen LogP contribution in [0, 0.1) is 5.41 Å². The monoisotopic (exact) mass is 411 g/mol. The number of benzene rings is 1. The lowest BCUT2D eigenvalue weighted by molar-refractivity contribution is 0.0945. The molecule has 9 heteroatoms. The van der Waals surface area contributed by atoms with E-state index in [9.17, 15) is 9.59 Å². The van der Waals surface area contributed by atoms with Gasteiger partial charge in [0.1, 0.15) is 10.3 Å². The number of imidazole rings is 1. The average Bonchev–Trinajstić information content (AvgIpc) is 2.99. The van der Waals surface area contributed by atoms with Gasteiger partial charge in [-0.25, -0.2) is 19.1 Å². The van der Waals surface area contributed by atoms with Gasteiger partial charge >= 0.3 is 0 Å². The number of aromatic nitrogens is 4. The molecular weight excluding hydrogens is 401 g/mol. The maximum atomic E-state index is 13.1. The molecule has 0 atom stereocenters. The minimum atomic E-state index is -0.567. The predicted molar refractivity (Wildman–Crippen MR) is 104 cm³/mol. The van der Waals surface area contributed by atoms with Crippen molar-refractivity contribution in [1.82, 2.24) is 19.1 Å². The van der Waals surface area contributed by atoms with Gasteiger partial charge in [0, 0.05) is 12.4 Å². The summed E-state index contributed by atoms with van der Waals surface area (Å²) in [6.07, 6.45) is 2.92. The van der Waals surface area contributed by atoms with Gasteiger partial charge in [-0.05, 0) is 36.4 Å². The maximum Gasteiger partial charge on any atom is 0.268 e. The fourth-order valence-corrected chi connectivity index (χ4v) is 3.31. The Kier molecular flexibility index (Phi) is 4.54. The Hall–Kier alpha value is -3.29. The van der Waals surface area contributed by atoms with E-state index < -0.39 is 11.8 Å². The third-order valence-electron chi connectivity index (χ3n) is 4.17. The molecule has 1 aromatic carbocycles. The summed E-state index contributed by atoms with van der Waals surface area (Å²) in [5.41, 5.74) is 0.669. The van der Waals surface area contributed by atoms with Gasteiger partial charge in [-0.2, -0.15) is 0 Å². The molecule has 0 saturated carbocycles. The van der Waals surface area contributed by atoms with Crippen LogP contribution in [-0.4, -0.2) is 30.9 Å². The van der Waals surface area contributed by atoms with E-state index in [2.05, 4.69) is 9.97 Å². The molecule has 4 aromatic rings. The Morgan fingerprint density at radius 2 is 1.18 bits per heavy atom. The first kappa shape index (κ1) is 18.1. The SMILES string of the molecule is N=c1n(C(=O)c2cccnc2Cl)c2ccccc2n1C(=O)c1cccnc1Cl. The highest BCUT2D eigenvalue weighted by Crippen LogP contribution is 2.20. The first-order chi connectivity index (χ1) is 13.5. The number of carbonyl (C=O) groups excluding carboxylic acids is 2. The number of rotatable bonds is 2. The second-order valence-electron chi connectivity index (χ2n) is 5.78. The Morgan fingerprint density at radius 3 is 1.57 bits per heavy atom. The average molecular weight is 412 g/mol. The molecule has 3 heterocycles. The summed E-state index contributed by atoms with van der Waals surface area (Å²) in [5, 5.41) is 8.56. The Bertz CT molecular complexity index is 1210. The minimum Gasteiger partial charge on any atom is -0.268 e. The lowest BCUT2D eigenvalue weighted by Gasteiger charge is -2.05. The zero-order valence-corrected chi connectivity index (χ0v) is 15.6. The van der Waals surface area contributed by atoms with Gasteiger partial charge in [-0.15, -0.1) is 0 Å². The summed E-state index contributed by atoms with van der Waals surface area (Å²) in [7, 11) is 0. The van der Waals surface area contributed by atoms with Gasteiger partial charge < -0.3 is 0 Å². The highest BCUT2D eigenvalue weighted by atomic mass is 35.5. The van der Waals surface area contributed by atoms with E-state index in [0.717, 1.165) is 9.13 Å². The molecule has 0 fully saturated rings. The summed E-state index contributed by atoms with van der Waals surface area (Å²) < 4.78 is 2.22. The largest absolute Gasteiger partial charge is 0.268 e. The first-order valence-electron chi connectivity index (χ1n) is 8.08. The van der Waals surface area contributed by atoms with Gasteiger partial charge in [-0.1, -0.05) is 35.3 Å². The third-order valence-corrected chi connectivity index (χ3v) is 4.77. The second kappa shape index (κ2) is 7.03. The fraction of sp³-hybridized carbons (Fsp3) is 0. The molecule has 0 aliphatic heterocycles. The van der Waals surface area contributed by atoms with Crippen molar-refractivity contribution in [3.63, 3.8) is 0 Å². The molecule has 0 saturated heterocycles. The van der Waals surface area contributed by atoms with Crippen LogP contribution >= 0.6 is 23.2 Å². The van der Waals surface area contributed by atoms with E-state index in [4.69, 9.17) is 28.6 Å². The number of hydrogen-bond acceptors (Lipinski definition) is 5. The van der Waals surface area contributed by atoms with Crippen molar-refractivity contribution < 1.29 is 9.59 Å². The molecule has 7 nitrogen and oxygen atoms in total. The van der Waals surface area contributed by atoms with Crippen LogP contribution in [0.4, 0.5) is 0 Å². The Morgan fingerprint density at radius 1 is 0.750 bits per heavy atom. The molecule has 0 unspecified atom stereocenters. The van der Waals surface area contributed by atoms with Crippen LogP contribution in [0.2, 0.25) is 10.3 Å². The van der Waals surface area contributed by atoms with E-state index in [-0.39, 0.29) is 27.1 Å². The summed E-state index contributed by atoms with van der Waals surface area (Å²) in [6, 6.07) is 12.9. The molecule has 0 radical (unpaired) electrons. The minimum absolute atomic E-state index is 0.0119. The normalized spacial score (nSPS) is 10.9. The van der Waals surface area contributed by atoms with Crippen LogP contribution in [0.1, 0.15) is 20.7 Å². The number of pyridine rings is 2. The van der Waals surface area contributed by atoms with Gasteiger partial charge in [-0.3, -0.25) is 15.0 Å². The maximum absolute atomic E-state index is 13.1. The molecule has 0 aliphatic rings. The van der Waals surface area contributed by atoms with Crippen LogP contribution in [0.3, 0.4) is 0 Å². The van der Waals surface area contributed by atoms with Crippen LogP contribution < -0.4 is 5.62 Å². The van der Waals surface area contributed by atoms with E-state index in [1.807, 2.05) is 0 Å². The summed E-state index contributed by atoms with van der Waals surface area (Å²) in [6.45, 7) is 0. The molecule has 0 bridgehead atoms. The molecule has 28 heavy (non-hydrogen) atoms. The third kappa shape index (κ3) is 2.81. The van der Waals surface area contributed by atoms with E-state index >= 15 is 0 Å². The molecule has 0 aliphatic carbocycles. The van der Waals surface area contributed by atoms with Crippen molar-refractivity contribution in [2.75, 3.05) is 0 Å². The molecule has 4 rings (SSSR count). The number of para-hydroxylation sites is 2. The fourth-order valence-electron chi connectivity index (χ4n) is 2.91. The van der Waals surface area contributed by atoms with Gasteiger partial charge in [0.2, 0.25) is 5.62 Å². The van der Waals surface area contributed by atoms with Crippen LogP contribution in [0.5, 0.6) is 0 Å². The predicted octanol–water partition coefficient (Wildman–Crippen LogP) is 3.40. The van der Waals surface area contributed by atoms with Crippen LogP contribution in [0.25, 0.3) is 11.0 Å². The van der Waals surface area contributed by atoms with Crippen molar-refractivity contribution in [1.29, 1.82) is 5.41 Å². The standard InChI is InChI=1S/C19H11Cl2N5O2/c20-15-11(5-3-9-23-15)17(27)25-13-7-1-2-8-14(13)26(19(25)22)18(28)12-6-4-10-24-16(12)21/h1-10,22H. The van der Waals surface area contributed by atoms with E-state index in [1.165, 1.54) is 24.5 Å². The Labute approximate surface area is 168 Å². The highest BCUT2D eigenvalue weighted by molar-refractivity contribution is 6.33. The molecule has 1 N–H and O–H groups in total. The van der Waals surface area contributed by atoms with Crippen molar-refractivity contribution >= 4 is 46.0 Å². The van der Waals surface area contributed by atoms with E-state index in [0.29, 0.717) is 11.0 Å². The number of fused-ring (bicyclic) bond motifs is 1. The number of halogens is 2. The lowest BCUT2D eigenvalue weighted by Crippen LogP contribution is -2.33. The molecule has 138 valence electrons. The van der Waals surface area contributed by atoms with Crippen LogP contribution in [-0.2, 0) is 0 Å². The molecule has 0 spiro atoms. The number of nitrogens with one attached hydrogen (secondary N) is 1. The zero-order chi connectivity index (χ0) is 19.8. The van der Waals surface area contributed by atoms with Crippen molar-refractivity contribution in [3.05, 3.63) is 88.0 Å². The number of hydrogen-bond donors (Lipinski definition) is 1. The smallest absolute Gasteiger partial charge is 0.268 e. The summed E-state index contributed by atoms with van der Waals surface area (Å²) >= 11 is 12.1. The van der Waals surface area contributed by atoms with Crippen LogP contribution in [0.15, 0.2) is 60.9 Å². The summed E-state index contributed by atoms with van der Waals surface area (Å²) in [5.74, 6) is -1.13. The van der Waals surface area contributed by atoms with Crippen molar-refractivity contribution in [3.8, 4) is 0 Å². The van der Waals surface area contributed by atoms with Crippen molar-refractivity contribution in [2.45, 2.75) is 0 Å². The van der Waals surface area contributed by atoms with Gasteiger partial charge in [0.25, 0.3) is 11.8 Å². The van der Waals surface area contributed by atoms with E-state index in [1.54, 1.807) is 36.4 Å². The Balaban J connectivity index is 1.99. The first-order valence-corrected chi connectivity index (χ1v) is 8.84. The molecule has 0 amide bonds. The zero-order valence-electron chi connectivity index (χ0n) is 14.1. The lowest BCUT2D eigenvalue weighted by atomic mass is 10.2. The number of carbonyl (C=O) groups is 2. The number of nitrogens with zero attached hydrogens (tertiary/aromatic N) is 4. The second-order valence-corrected chi connectivity index (χ2v) is 6.49. The molecule has 3 aromatic heterocycles. The topological polar surface area (TPSA) is 93.6 Å². The quantitative estimate of drug-likeness (QED) is 0.511. The van der Waals surface area contributed by atoms with Gasteiger partial charge in [0.05, 0.1) is 22.2 Å². The molecular formula is C19H11Cl2N5O2. The van der Waals surface area contributed by atoms with Gasteiger partial charge in [0.15, 0.2) is 0 Å².